The maximum absolute atomic E-state index is 10.5. The van der Waals surface area contributed by atoms with Crippen LogP contribution < -0.4 is 90.2 Å². The molecule has 0 amide bonds. The summed E-state index contributed by atoms with van der Waals surface area (Å²) in [6.07, 6.45) is -1.63. The van der Waals surface area contributed by atoms with Gasteiger partial charge in [-0.05, 0) is 0 Å². The van der Waals surface area contributed by atoms with Gasteiger partial charge in [-0.15, -0.1) is 0 Å². The molecule has 0 saturated carbocycles. The summed E-state index contributed by atoms with van der Waals surface area (Å²) in [7, 11) is 0. The molecule has 0 saturated heterocycles. The molecule has 0 aromatic heterocycles. The second kappa shape index (κ2) is 17.9. The number of carbonyl (C=O) groups excluding carboxylic acids is 4. The van der Waals surface area contributed by atoms with E-state index in [1.807, 2.05) is 0 Å². The van der Waals surface area contributed by atoms with E-state index >= 15 is 0 Å². The molecule has 0 radical (unpaired) electrons. The predicted molar refractivity (Wildman–Crippen MR) is 58.6 cm³/mol. The molecule has 114 valence electrons. The zero-order valence-corrected chi connectivity index (χ0v) is 19.2. The molecule has 13 heteroatoms. The number of carbonyl (C=O) groups is 4. The van der Waals surface area contributed by atoms with Crippen LogP contribution in [0.5, 0.6) is 0 Å². The van der Waals surface area contributed by atoms with E-state index in [1.54, 1.807) is 0 Å². The quantitative estimate of drug-likeness (QED) is 0.260. The normalized spacial score (nSPS) is 11.7. The van der Waals surface area contributed by atoms with E-state index in [2.05, 4.69) is 10.6 Å². The second-order valence-corrected chi connectivity index (χ2v) is 3.80. The summed E-state index contributed by atoms with van der Waals surface area (Å²) in [5.74, 6) is -6.49. The van der Waals surface area contributed by atoms with Crippen LogP contribution in [0.1, 0.15) is 12.8 Å². The molecule has 0 aliphatic heterocycles. The molecule has 2 atom stereocenters. The Bertz CT molecular complexity index is 363. The monoisotopic (exact) mass is 374 g/mol. The molecule has 0 aliphatic rings. The van der Waals surface area contributed by atoms with E-state index in [9.17, 15) is 39.6 Å². The maximum Gasteiger partial charge on any atom is 2.00 e. The van der Waals surface area contributed by atoms with Crippen molar-refractivity contribution < 1.29 is 98.7 Å². The Morgan fingerprint density at radius 3 is 1.13 bits per heavy atom. The third kappa shape index (κ3) is 17.7. The number of carboxylic acids is 4. The second-order valence-electron chi connectivity index (χ2n) is 3.80. The molecule has 2 unspecified atom stereocenters. The van der Waals surface area contributed by atoms with Gasteiger partial charge in [0.05, 0.1) is 24.0 Å². The Balaban J connectivity index is -0.000000602. The van der Waals surface area contributed by atoms with Gasteiger partial charge in [-0.3, -0.25) is 0 Å². The number of carboxylic acid groups (broad SMARTS) is 4. The van der Waals surface area contributed by atoms with E-state index < -0.39 is 48.8 Å². The van der Waals surface area contributed by atoms with E-state index in [4.69, 9.17) is 0 Å². The van der Waals surface area contributed by atoms with Gasteiger partial charge in [0.25, 0.3) is 0 Å². The van der Waals surface area contributed by atoms with Gasteiger partial charge >= 0.3 is 96.9 Å². The largest absolute Gasteiger partial charge is 2.00 e. The van der Waals surface area contributed by atoms with Crippen LogP contribution in [0.25, 0.3) is 0 Å². The summed E-state index contributed by atoms with van der Waals surface area (Å²) < 4.78 is 0. The van der Waals surface area contributed by atoms with Gasteiger partial charge < -0.3 is 50.2 Å². The van der Waals surface area contributed by atoms with Gasteiger partial charge in [0, 0.05) is 37.9 Å². The summed E-state index contributed by atoms with van der Waals surface area (Å²) in [6.45, 7) is -0.272. The molecule has 23 heavy (non-hydrogen) atoms. The molecule has 0 aromatic carbocycles. The van der Waals surface area contributed by atoms with Crippen LogP contribution >= 0.6 is 0 Å². The fourth-order valence-electron chi connectivity index (χ4n) is 1.30. The van der Waals surface area contributed by atoms with E-state index in [1.165, 1.54) is 0 Å². The van der Waals surface area contributed by atoms with Crippen LogP contribution in [-0.2, 0) is 19.2 Å². The van der Waals surface area contributed by atoms with Crippen molar-refractivity contribution in [1.82, 2.24) is 10.6 Å². The number of rotatable bonds is 11. The summed E-state index contributed by atoms with van der Waals surface area (Å²) in [6, 6.07) is -2.99. The Hall–Kier alpha value is 1.06. The van der Waals surface area contributed by atoms with Crippen LogP contribution in [0.2, 0.25) is 0 Å². The molecule has 0 spiro atoms. The van der Waals surface area contributed by atoms with Gasteiger partial charge in [-0.1, -0.05) is 0 Å². The molecule has 0 bridgehead atoms. The van der Waals surface area contributed by atoms with Gasteiger partial charge in [-0.2, -0.15) is 0 Å². The summed E-state index contributed by atoms with van der Waals surface area (Å²) in [5, 5.41) is 46.1. The molecule has 0 aliphatic carbocycles. The van der Waals surface area contributed by atoms with Crippen LogP contribution in [0.3, 0.4) is 0 Å². The van der Waals surface area contributed by atoms with Crippen molar-refractivity contribution in [3.63, 3.8) is 0 Å². The molecule has 0 heterocycles. The first-order chi connectivity index (χ1) is 9.23. The Kier molecular flexibility index (Phi) is 24.7. The predicted octanol–water partition coefficient (Wildman–Crippen LogP) is -13.7. The average molecular weight is 374 g/mol. The molecule has 0 fully saturated rings. The smallest absolute Gasteiger partial charge is 0.550 e. The van der Waals surface area contributed by atoms with E-state index in [0.717, 1.165) is 0 Å². The van der Waals surface area contributed by atoms with Crippen molar-refractivity contribution >= 4 is 61.6 Å². The number of aliphatic carboxylic acids is 4. The fourth-order valence-corrected chi connectivity index (χ4v) is 1.30. The van der Waals surface area contributed by atoms with Crippen LogP contribution in [0.15, 0.2) is 0 Å². The molecule has 10 nitrogen and oxygen atoms in total. The summed E-state index contributed by atoms with van der Waals surface area (Å²) in [5.41, 5.74) is 0. The topological polar surface area (TPSA) is 185 Å². The number of hydrogen-bond acceptors (Lipinski definition) is 10. The minimum atomic E-state index is -1.65. The van der Waals surface area contributed by atoms with E-state index in [0.29, 0.717) is 0 Å². The first-order valence-electron chi connectivity index (χ1n) is 5.52. The Labute approximate surface area is 206 Å². The van der Waals surface area contributed by atoms with Gasteiger partial charge in [-0.25, -0.2) is 0 Å². The average Bonchev–Trinajstić information content (AvgIpc) is 2.29. The first-order valence-corrected chi connectivity index (χ1v) is 5.52. The number of nitrogens with one attached hydrogen (secondary N) is 2. The minimum absolute atomic E-state index is 0. The van der Waals surface area contributed by atoms with E-state index in [-0.39, 0.29) is 110 Å². The van der Waals surface area contributed by atoms with Crippen molar-refractivity contribution in [3.8, 4) is 0 Å². The third-order valence-electron chi connectivity index (χ3n) is 2.22. The van der Waals surface area contributed by atoms with Crippen LogP contribution in [0, 0.1) is 0 Å². The third-order valence-corrected chi connectivity index (χ3v) is 2.22. The zero-order valence-electron chi connectivity index (χ0n) is 13.0. The summed E-state index contributed by atoms with van der Waals surface area (Å²) in [4.78, 5) is 41.6. The molecule has 0 aromatic rings. The Morgan fingerprint density at radius 1 is 0.696 bits per heavy atom. The van der Waals surface area contributed by atoms with Crippen molar-refractivity contribution in [1.29, 1.82) is 0 Å². The number of hydrogen-bond donors (Lipinski definition) is 2. The Morgan fingerprint density at radius 2 is 0.957 bits per heavy atom. The van der Waals surface area contributed by atoms with Crippen molar-refractivity contribution in [2.45, 2.75) is 24.9 Å². The molecule has 0 rings (SSSR count). The van der Waals surface area contributed by atoms with Gasteiger partial charge in [0.1, 0.15) is 0 Å². The fraction of sp³-hybridized carbons (Fsp3) is 0.600. The molecular weight excluding hydrogens is 362 g/mol. The standard InChI is InChI=1S/C10H16N2O8.Ca.2Na/c13-7(14)3-5(9(17)18)11-1-2-12-6(10(19)20)4-8(15)16;;;/h5-6,11-12H,1-4H2,(H,13,14)(H,15,16)(H,17,18)(H,19,20);;;/q;+2;2*+1/p-4. The van der Waals surface area contributed by atoms with Crippen LogP contribution in [0.4, 0.5) is 0 Å². The van der Waals surface area contributed by atoms with Crippen LogP contribution in [-0.4, -0.2) is 86.8 Å². The van der Waals surface area contributed by atoms with Crippen molar-refractivity contribution in [2.75, 3.05) is 13.1 Å². The minimum Gasteiger partial charge on any atom is -0.550 e. The van der Waals surface area contributed by atoms with Gasteiger partial charge in [0.15, 0.2) is 0 Å². The first kappa shape index (κ1) is 31.8. The van der Waals surface area contributed by atoms with Crippen molar-refractivity contribution in [2.24, 2.45) is 0 Å². The molecule has 2 N–H and O–H groups in total. The SMILES string of the molecule is O=C([O-])CC(NCCNC(CC(=O)[O-])C(=O)[O-])C(=O)[O-].[Ca+2].[Na+].[Na+]. The maximum atomic E-state index is 10.5. The van der Waals surface area contributed by atoms with Gasteiger partial charge in [0.2, 0.25) is 0 Å². The van der Waals surface area contributed by atoms with Crippen molar-refractivity contribution in [3.05, 3.63) is 0 Å². The zero-order chi connectivity index (χ0) is 15.7. The summed E-state index contributed by atoms with van der Waals surface area (Å²) >= 11 is 0. The molecular formula is C10H12CaN2Na2O8.